The molecule has 6 heteroatoms. The molecule has 21 heavy (non-hydrogen) atoms. The molecule has 1 aromatic heterocycles. The lowest BCUT2D eigenvalue weighted by atomic mass is 10.3. The molecular weight excluding hydrogens is 286 g/mol. The zero-order valence-electron chi connectivity index (χ0n) is 12.5. The van der Waals surface area contributed by atoms with Gasteiger partial charge in [0.25, 0.3) is 0 Å². The normalized spacial score (nSPS) is 11.9. The molecule has 0 unspecified atom stereocenters. The van der Waals surface area contributed by atoms with Gasteiger partial charge in [-0.3, -0.25) is 0 Å². The SMILES string of the molecule is C=C(C)CS(=O)(=O)NCc1nc2ccccc2n1CCC. The van der Waals surface area contributed by atoms with Crippen molar-refractivity contribution < 1.29 is 8.42 Å². The van der Waals surface area contributed by atoms with E-state index >= 15 is 0 Å². The Morgan fingerprint density at radius 3 is 2.76 bits per heavy atom. The van der Waals surface area contributed by atoms with Gasteiger partial charge >= 0.3 is 0 Å². The van der Waals surface area contributed by atoms with Gasteiger partial charge in [-0.25, -0.2) is 18.1 Å². The number of nitrogens with one attached hydrogen (secondary N) is 1. The average Bonchev–Trinajstić information content (AvgIpc) is 2.74. The van der Waals surface area contributed by atoms with E-state index in [1.54, 1.807) is 6.92 Å². The monoisotopic (exact) mass is 307 g/mol. The Balaban J connectivity index is 2.25. The fourth-order valence-corrected chi connectivity index (χ4v) is 3.38. The van der Waals surface area contributed by atoms with Gasteiger partial charge in [-0.1, -0.05) is 31.2 Å². The molecule has 114 valence electrons. The van der Waals surface area contributed by atoms with Crippen LogP contribution in [0.1, 0.15) is 26.1 Å². The van der Waals surface area contributed by atoms with Gasteiger partial charge in [0.2, 0.25) is 10.0 Å². The zero-order valence-corrected chi connectivity index (χ0v) is 13.3. The number of hydrogen-bond acceptors (Lipinski definition) is 3. The predicted molar refractivity (Wildman–Crippen MR) is 85.5 cm³/mol. The van der Waals surface area contributed by atoms with Gasteiger partial charge in [0.1, 0.15) is 5.82 Å². The van der Waals surface area contributed by atoms with Gasteiger partial charge in [-0.2, -0.15) is 0 Å². The number of fused-ring (bicyclic) bond motifs is 1. The zero-order chi connectivity index (χ0) is 15.5. The molecule has 0 bridgehead atoms. The van der Waals surface area contributed by atoms with Gasteiger partial charge in [0, 0.05) is 6.54 Å². The fraction of sp³-hybridized carbons (Fsp3) is 0.400. The first kappa shape index (κ1) is 15.7. The van der Waals surface area contributed by atoms with Gasteiger partial charge < -0.3 is 4.57 Å². The van der Waals surface area contributed by atoms with E-state index < -0.39 is 10.0 Å². The van der Waals surface area contributed by atoms with E-state index in [9.17, 15) is 8.42 Å². The lowest BCUT2D eigenvalue weighted by Gasteiger charge is -2.09. The van der Waals surface area contributed by atoms with Crippen molar-refractivity contribution in [2.24, 2.45) is 0 Å². The highest BCUT2D eigenvalue weighted by molar-refractivity contribution is 7.89. The molecule has 0 saturated carbocycles. The minimum absolute atomic E-state index is 0.0546. The van der Waals surface area contributed by atoms with Crippen molar-refractivity contribution in [3.63, 3.8) is 0 Å². The van der Waals surface area contributed by atoms with E-state index in [0.29, 0.717) is 5.57 Å². The molecule has 0 aliphatic heterocycles. The number of aryl methyl sites for hydroxylation is 1. The van der Waals surface area contributed by atoms with Crippen molar-refractivity contribution in [1.29, 1.82) is 0 Å². The van der Waals surface area contributed by atoms with Gasteiger partial charge in [-0.15, -0.1) is 0 Å². The van der Waals surface area contributed by atoms with Gasteiger partial charge in [0.05, 0.1) is 23.3 Å². The summed E-state index contributed by atoms with van der Waals surface area (Å²) in [5.41, 5.74) is 2.54. The van der Waals surface area contributed by atoms with Crippen molar-refractivity contribution in [1.82, 2.24) is 14.3 Å². The Labute approximate surface area is 125 Å². The highest BCUT2D eigenvalue weighted by atomic mass is 32.2. The smallest absolute Gasteiger partial charge is 0.215 e. The third-order valence-electron chi connectivity index (χ3n) is 3.07. The van der Waals surface area contributed by atoms with Gasteiger partial charge in [-0.05, 0) is 25.5 Å². The lowest BCUT2D eigenvalue weighted by molar-refractivity contribution is 0.575. The summed E-state index contributed by atoms with van der Waals surface area (Å²) in [7, 11) is -3.35. The maximum absolute atomic E-state index is 11.9. The molecule has 1 N–H and O–H groups in total. The number of benzene rings is 1. The third kappa shape index (κ3) is 3.92. The van der Waals surface area contributed by atoms with Crippen LogP contribution in [0, 0.1) is 0 Å². The Kier molecular flexibility index (Phi) is 4.80. The first-order chi connectivity index (χ1) is 9.93. The summed E-state index contributed by atoms with van der Waals surface area (Å²) in [6.07, 6.45) is 0.964. The molecule has 1 heterocycles. The third-order valence-corrected chi connectivity index (χ3v) is 4.52. The first-order valence-corrected chi connectivity index (χ1v) is 8.64. The maximum atomic E-state index is 11.9. The topological polar surface area (TPSA) is 64.0 Å². The van der Waals surface area contributed by atoms with Crippen LogP contribution in [-0.2, 0) is 23.1 Å². The Bertz CT molecular complexity index is 747. The molecule has 0 fully saturated rings. The number of nitrogens with zero attached hydrogens (tertiary/aromatic N) is 2. The number of para-hydroxylation sites is 2. The summed E-state index contributed by atoms with van der Waals surface area (Å²) in [6, 6.07) is 7.84. The molecular formula is C15H21N3O2S. The predicted octanol–water partition coefficient (Wildman–Crippen LogP) is 2.44. The van der Waals surface area contributed by atoms with Crippen LogP contribution in [0.2, 0.25) is 0 Å². The van der Waals surface area contributed by atoms with Crippen LogP contribution in [0.25, 0.3) is 11.0 Å². The minimum atomic E-state index is -3.35. The number of rotatable bonds is 7. The molecule has 0 aliphatic carbocycles. The fourth-order valence-electron chi connectivity index (χ4n) is 2.28. The second-order valence-corrected chi connectivity index (χ2v) is 7.01. The van der Waals surface area contributed by atoms with E-state index in [1.807, 2.05) is 24.3 Å². The summed E-state index contributed by atoms with van der Waals surface area (Å²) in [4.78, 5) is 4.53. The molecule has 2 aromatic rings. The first-order valence-electron chi connectivity index (χ1n) is 6.99. The van der Waals surface area contributed by atoms with E-state index in [-0.39, 0.29) is 12.3 Å². The van der Waals surface area contributed by atoms with Crippen LogP contribution in [0.3, 0.4) is 0 Å². The summed E-state index contributed by atoms with van der Waals surface area (Å²) in [5.74, 6) is 0.685. The molecule has 0 atom stereocenters. The van der Waals surface area contributed by atoms with E-state index in [0.717, 1.165) is 29.8 Å². The molecule has 0 spiro atoms. The van der Waals surface area contributed by atoms with Gasteiger partial charge in [0.15, 0.2) is 0 Å². The van der Waals surface area contributed by atoms with Crippen LogP contribution in [0.5, 0.6) is 0 Å². The van der Waals surface area contributed by atoms with Crippen molar-refractivity contribution in [2.45, 2.75) is 33.4 Å². The largest absolute Gasteiger partial charge is 0.327 e. The molecule has 1 aromatic carbocycles. The number of imidazole rings is 1. The van der Waals surface area contributed by atoms with E-state index in [1.165, 1.54) is 0 Å². The number of hydrogen-bond donors (Lipinski definition) is 1. The van der Waals surface area contributed by atoms with Crippen LogP contribution in [0.4, 0.5) is 0 Å². The van der Waals surface area contributed by atoms with Crippen molar-refractivity contribution >= 4 is 21.1 Å². The maximum Gasteiger partial charge on any atom is 0.215 e. The quantitative estimate of drug-likeness (QED) is 0.799. The van der Waals surface area contributed by atoms with E-state index in [2.05, 4.69) is 27.8 Å². The molecule has 5 nitrogen and oxygen atoms in total. The van der Waals surface area contributed by atoms with Crippen LogP contribution in [0.15, 0.2) is 36.4 Å². The molecule has 0 radical (unpaired) electrons. The minimum Gasteiger partial charge on any atom is -0.327 e. The Hall–Kier alpha value is -1.66. The van der Waals surface area contributed by atoms with E-state index in [4.69, 9.17) is 0 Å². The van der Waals surface area contributed by atoms with Crippen LogP contribution < -0.4 is 4.72 Å². The lowest BCUT2D eigenvalue weighted by Crippen LogP contribution is -2.27. The Morgan fingerprint density at radius 2 is 2.10 bits per heavy atom. The van der Waals surface area contributed by atoms with Crippen LogP contribution in [-0.4, -0.2) is 23.7 Å². The number of aromatic nitrogens is 2. The Morgan fingerprint density at radius 1 is 1.38 bits per heavy atom. The van der Waals surface area contributed by atoms with Crippen molar-refractivity contribution in [2.75, 3.05) is 5.75 Å². The highest BCUT2D eigenvalue weighted by Crippen LogP contribution is 2.16. The summed E-state index contributed by atoms with van der Waals surface area (Å²) in [6.45, 7) is 8.44. The second-order valence-electron chi connectivity index (χ2n) is 5.21. The molecule has 0 amide bonds. The standard InChI is InChI=1S/C15H21N3O2S/c1-4-9-18-14-8-6-5-7-13(14)17-15(18)10-16-21(19,20)11-12(2)3/h5-8,16H,2,4,9-11H2,1,3H3. The van der Waals surface area contributed by atoms with Crippen LogP contribution >= 0.6 is 0 Å². The number of sulfonamides is 1. The second kappa shape index (κ2) is 6.41. The van der Waals surface area contributed by atoms with Crippen molar-refractivity contribution in [3.8, 4) is 0 Å². The summed E-state index contributed by atoms with van der Waals surface area (Å²) in [5, 5.41) is 0. The van der Waals surface area contributed by atoms with Crippen molar-refractivity contribution in [3.05, 3.63) is 42.2 Å². The highest BCUT2D eigenvalue weighted by Gasteiger charge is 2.14. The molecule has 2 rings (SSSR count). The molecule has 0 saturated heterocycles. The summed E-state index contributed by atoms with van der Waals surface area (Å²) >= 11 is 0. The molecule has 0 aliphatic rings. The average molecular weight is 307 g/mol. The summed E-state index contributed by atoms with van der Waals surface area (Å²) < 4.78 is 28.4.